The molecule has 5 heteroatoms. The summed E-state index contributed by atoms with van der Waals surface area (Å²) in [5.74, 6) is -0.0390. The Morgan fingerprint density at radius 1 is 1.62 bits per heavy atom. The monoisotopic (exact) mass is 244 g/mol. The zero-order chi connectivity index (χ0) is 10.7. The first-order valence-corrected chi connectivity index (χ1v) is 5.32. The molecular weight excluding hydrogens is 228 g/mol. The standard InChI is InChI=1S/C11H16N2O2.ClH/c1-8-6-10(2-4-12-8)13-11(14)9-3-5-15-7-9;/h3,5,7-8,10,12H,2,4,6H2,1H3,(H,13,14);1H. The molecule has 0 saturated carbocycles. The number of carbonyl (C=O) groups excluding carboxylic acids is 1. The van der Waals surface area contributed by atoms with E-state index in [1.807, 2.05) is 0 Å². The van der Waals surface area contributed by atoms with E-state index in [-0.39, 0.29) is 24.4 Å². The summed E-state index contributed by atoms with van der Waals surface area (Å²) in [5, 5.41) is 6.36. The summed E-state index contributed by atoms with van der Waals surface area (Å²) in [6.45, 7) is 3.10. The lowest BCUT2D eigenvalue weighted by Crippen LogP contribution is -2.46. The molecule has 1 aliphatic rings. The highest BCUT2D eigenvalue weighted by Crippen LogP contribution is 2.09. The number of nitrogens with one attached hydrogen (secondary N) is 2. The Labute approximate surface area is 101 Å². The predicted octanol–water partition coefficient (Wildman–Crippen LogP) is 1.57. The second kappa shape index (κ2) is 5.92. The van der Waals surface area contributed by atoms with Crippen LogP contribution < -0.4 is 10.6 Å². The van der Waals surface area contributed by atoms with Crippen molar-refractivity contribution in [1.82, 2.24) is 10.6 Å². The highest BCUT2D eigenvalue weighted by atomic mass is 35.5. The molecule has 0 aliphatic carbocycles. The number of amides is 1. The lowest BCUT2D eigenvalue weighted by Gasteiger charge is -2.28. The van der Waals surface area contributed by atoms with E-state index in [9.17, 15) is 4.79 Å². The van der Waals surface area contributed by atoms with E-state index < -0.39 is 0 Å². The number of carbonyl (C=O) groups is 1. The molecule has 4 nitrogen and oxygen atoms in total. The van der Waals surface area contributed by atoms with Gasteiger partial charge >= 0.3 is 0 Å². The maximum absolute atomic E-state index is 11.7. The van der Waals surface area contributed by atoms with Gasteiger partial charge in [0.2, 0.25) is 0 Å². The Hall–Kier alpha value is -1.00. The zero-order valence-corrected chi connectivity index (χ0v) is 10.0. The topological polar surface area (TPSA) is 54.3 Å². The Bertz CT molecular complexity index is 327. The lowest BCUT2D eigenvalue weighted by atomic mass is 10.0. The minimum absolute atomic E-state index is 0. The second-order valence-corrected chi connectivity index (χ2v) is 4.06. The molecule has 1 saturated heterocycles. The molecule has 0 radical (unpaired) electrons. The van der Waals surface area contributed by atoms with Crippen LogP contribution in [0.5, 0.6) is 0 Å². The van der Waals surface area contributed by atoms with Crippen LogP contribution in [-0.4, -0.2) is 24.5 Å². The van der Waals surface area contributed by atoms with Gasteiger partial charge in [0.1, 0.15) is 6.26 Å². The van der Waals surface area contributed by atoms with E-state index in [1.54, 1.807) is 6.07 Å². The maximum atomic E-state index is 11.7. The summed E-state index contributed by atoms with van der Waals surface area (Å²) in [5.41, 5.74) is 0.598. The molecule has 0 spiro atoms. The van der Waals surface area contributed by atoms with Crippen LogP contribution in [0.2, 0.25) is 0 Å². The summed E-state index contributed by atoms with van der Waals surface area (Å²) >= 11 is 0. The van der Waals surface area contributed by atoms with Gasteiger partial charge in [-0.2, -0.15) is 0 Å². The van der Waals surface area contributed by atoms with Crippen molar-refractivity contribution in [3.8, 4) is 0 Å². The molecule has 16 heavy (non-hydrogen) atoms. The summed E-state index contributed by atoms with van der Waals surface area (Å²) in [6.07, 6.45) is 4.97. The third kappa shape index (κ3) is 3.25. The second-order valence-electron chi connectivity index (χ2n) is 4.06. The van der Waals surface area contributed by atoms with Gasteiger partial charge in [-0.25, -0.2) is 0 Å². The third-order valence-electron chi connectivity index (χ3n) is 2.74. The van der Waals surface area contributed by atoms with Crippen LogP contribution in [0.4, 0.5) is 0 Å². The largest absolute Gasteiger partial charge is 0.472 e. The van der Waals surface area contributed by atoms with Gasteiger partial charge in [-0.05, 0) is 32.4 Å². The number of halogens is 1. The number of rotatable bonds is 2. The number of furan rings is 1. The van der Waals surface area contributed by atoms with E-state index in [4.69, 9.17) is 4.42 Å². The molecule has 2 atom stereocenters. The molecule has 1 aromatic rings. The minimum atomic E-state index is -0.0390. The van der Waals surface area contributed by atoms with Crippen LogP contribution in [0.1, 0.15) is 30.1 Å². The maximum Gasteiger partial charge on any atom is 0.254 e. The van der Waals surface area contributed by atoms with Gasteiger partial charge in [0.05, 0.1) is 11.8 Å². The highest BCUT2D eigenvalue weighted by Gasteiger charge is 2.20. The van der Waals surface area contributed by atoms with Crippen molar-refractivity contribution in [3.05, 3.63) is 24.2 Å². The fourth-order valence-corrected chi connectivity index (χ4v) is 1.93. The highest BCUT2D eigenvalue weighted by molar-refractivity contribution is 5.93. The van der Waals surface area contributed by atoms with Gasteiger partial charge in [0.15, 0.2) is 0 Å². The van der Waals surface area contributed by atoms with E-state index in [1.165, 1.54) is 12.5 Å². The van der Waals surface area contributed by atoms with Crippen molar-refractivity contribution in [2.75, 3.05) is 6.54 Å². The first-order chi connectivity index (χ1) is 7.25. The molecule has 2 rings (SSSR count). The van der Waals surface area contributed by atoms with Crippen molar-refractivity contribution in [1.29, 1.82) is 0 Å². The molecule has 1 aromatic heterocycles. The van der Waals surface area contributed by atoms with Gasteiger partial charge in [0.25, 0.3) is 5.91 Å². The van der Waals surface area contributed by atoms with Crippen LogP contribution in [0, 0.1) is 0 Å². The van der Waals surface area contributed by atoms with Crippen LogP contribution in [0.3, 0.4) is 0 Å². The quantitative estimate of drug-likeness (QED) is 0.831. The van der Waals surface area contributed by atoms with Crippen molar-refractivity contribution < 1.29 is 9.21 Å². The Morgan fingerprint density at radius 3 is 3.06 bits per heavy atom. The molecule has 1 fully saturated rings. The van der Waals surface area contributed by atoms with Gasteiger partial charge in [-0.15, -0.1) is 12.4 Å². The van der Waals surface area contributed by atoms with E-state index in [2.05, 4.69) is 17.6 Å². The summed E-state index contributed by atoms with van der Waals surface area (Å²) in [4.78, 5) is 11.7. The molecule has 2 unspecified atom stereocenters. The van der Waals surface area contributed by atoms with Crippen LogP contribution >= 0.6 is 12.4 Å². The smallest absolute Gasteiger partial charge is 0.254 e. The Morgan fingerprint density at radius 2 is 2.44 bits per heavy atom. The molecule has 2 N–H and O–H groups in total. The fraction of sp³-hybridized carbons (Fsp3) is 0.545. The average Bonchev–Trinajstić information content (AvgIpc) is 2.70. The zero-order valence-electron chi connectivity index (χ0n) is 9.23. The predicted molar refractivity (Wildman–Crippen MR) is 63.9 cm³/mol. The normalized spacial score (nSPS) is 24.6. The van der Waals surface area contributed by atoms with E-state index >= 15 is 0 Å². The van der Waals surface area contributed by atoms with E-state index in [0.29, 0.717) is 11.6 Å². The molecule has 90 valence electrons. The van der Waals surface area contributed by atoms with Crippen LogP contribution in [0.25, 0.3) is 0 Å². The van der Waals surface area contributed by atoms with E-state index in [0.717, 1.165) is 19.4 Å². The SMILES string of the molecule is CC1CC(NC(=O)c2ccoc2)CCN1.Cl. The average molecular weight is 245 g/mol. The third-order valence-corrected chi connectivity index (χ3v) is 2.74. The fourth-order valence-electron chi connectivity index (χ4n) is 1.93. The van der Waals surface area contributed by atoms with Gasteiger partial charge in [-0.3, -0.25) is 4.79 Å². The molecule has 0 bridgehead atoms. The van der Waals surface area contributed by atoms with Crippen LogP contribution in [0.15, 0.2) is 23.0 Å². The van der Waals surface area contributed by atoms with Crippen LogP contribution in [-0.2, 0) is 0 Å². The minimum Gasteiger partial charge on any atom is -0.472 e. The van der Waals surface area contributed by atoms with Gasteiger partial charge in [0, 0.05) is 12.1 Å². The molecule has 1 amide bonds. The Kier molecular flexibility index (Phi) is 4.83. The van der Waals surface area contributed by atoms with Crippen molar-refractivity contribution in [3.63, 3.8) is 0 Å². The summed E-state index contributed by atoms with van der Waals surface area (Å²) in [7, 11) is 0. The molecule has 0 aromatic carbocycles. The number of hydrogen-bond acceptors (Lipinski definition) is 3. The molecule has 1 aliphatic heterocycles. The summed E-state index contributed by atoms with van der Waals surface area (Å²) < 4.78 is 4.87. The first-order valence-electron chi connectivity index (χ1n) is 5.32. The first kappa shape index (κ1) is 13.1. The molecular formula is C11H17ClN2O2. The number of hydrogen-bond donors (Lipinski definition) is 2. The number of piperidine rings is 1. The van der Waals surface area contributed by atoms with Gasteiger partial charge in [-0.1, -0.05) is 0 Å². The van der Waals surface area contributed by atoms with Crippen molar-refractivity contribution in [2.45, 2.75) is 31.8 Å². The molecule has 2 heterocycles. The van der Waals surface area contributed by atoms with Gasteiger partial charge < -0.3 is 15.1 Å². The summed E-state index contributed by atoms with van der Waals surface area (Å²) in [6, 6.07) is 2.44. The Balaban J connectivity index is 0.00000128. The lowest BCUT2D eigenvalue weighted by molar-refractivity contribution is 0.0925. The van der Waals surface area contributed by atoms with Crippen molar-refractivity contribution in [2.24, 2.45) is 0 Å². The van der Waals surface area contributed by atoms with Crippen molar-refractivity contribution >= 4 is 18.3 Å².